The number of imidazole rings is 1. The van der Waals surface area contributed by atoms with Gasteiger partial charge in [0.25, 0.3) is 5.56 Å². The second kappa shape index (κ2) is 9.79. The first kappa shape index (κ1) is 23.5. The molecule has 1 aromatic carbocycles. The van der Waals surface area contributed by atoms with Crippen LogP contribution in [0.25, 0.3) is 22.4 Å². The highest BCUT2D eigenvalue weighted by Crippen LogP contribution is 2.23. The van der Waals surface area contributed by atoms with Crippen molar-refractivity contribution in [2.24, 2.45) is 12.8 Å². The van der Waals surface area contributed by atoms with Crippen molar-refractivity contribution in [3.05, 3.63) is 69.3 Å². The molecule has 0 radical (unpaired) electrons. The molecular weight excluding hydrogens is 456 g/mol. The van der Waals surface area contributed by atoms with Gasteiger partial charge in [0.05, 0.1) is 18.8 Å². The van der Waals surface area contributed by atoms with Crippen LogP contribution in [-0.4, -0.2) is 47.8 Å². The van der Waals surface area contributed by atoms with Crippen molar-refractivity contribution in [2.45, 2.75) is 38.9 Å². The third-order valence-electron chi connectivity index (χ3n) is 6.44. The zero-order valence-electron chi connectivity index (χ0n) is 20.4. The Labute approximate surface area is 208 Å². The SMILES string of the molecule is CC#CCn1c(N2CCCC(N)C2)nc2c1c(=O)n(Cc1nccc(-c3ccccc3)n1)c(=O)n2C. The van der Waals surface area contributed by atoms with Gasteiger partial charge in [-0.15, -0.1) is 5.92 Å². The van der Waals surface area contributed by atoms with Gasteiger partial charge in [0.15, 0.2) is 11.2 Å². The Balaban J connectivity index is 1.63. The van der Waals surface area contributed by atoms with Crippen LogP contribution in [-0.2, 0) is 20.1 Å². The average Bonchev–Trinajstić information content (AvgIpc) is 3.29. The van der Waals surface area contributed by atoms with Crippen molar-refractivity contribution in [3.8, 4) is 23.1 Å². The number of hydrogen-bond donors (Lipinski definition) is 1. The number of fused-ring (bicyclic) bond motifs is 1. The quantitative estimate of drug-likeness (QED) is 0.425. The van der Waals surface area contributed by atoms with Crippen molar-refractivity contribution < 1.29 is 0 Å². The number of aromatic nitrogens is 6. The van der Waals surface area contributed by atoms with Crippen molar-refractivity contribution >= 4 is 17.1 Å². The second-order valence-electron chi connectivity index (χ2n) is 8.90. The molecule has 3 aromatic heterocycles. The lowest BCUT2D eigenvalue weighted by atomic mass is 10.1. The summed E-state index contributed by atoms with van der Waals surface area (Å²) in [6, 6.07) is 11.5. The molecule has 0 amide bonds. The van der Waals surface area contributed by atoms with Crippen LogP contribution in [0.4, 0.5) is 5.95 Å². The molecule has 1 aliphatic rings. The van der Waals surface area contributed by atoms with Gasteiger partial charge in [-0.2, -0.15) is 4.98 Å². The lowest BCUT2D eigenvalue weighted by Crippen LogP contribution is -2.44. The van der Waals surface area contributed by atoms with Gasteiger partial charge in [-0.25, -0.2) is 14.8 Å². The topological polar surface area (TPSA) is 117 Å². The molecule has 1 atom stereocenters. The zero-order valence-corrected chi connectivity index (χ0v) is 20.4. The summed E-state index contributed by atoms with van der Waals surface area (Å²) in [4.78, 5) is 42.8. The largest absolute Gasteiger partial charge is 0.341 e. The highest BCUT2D eigenvalue weighted by molar-refractivity contribution is 5.75. The number of nitrogens with zero attached hydrogens (tertiary/aromatic N) is 7. The van der Waals surface area contributed by atoms with Gasteiger partial charge in [-0.05, 0) is 25.8 Å². The number of rotatable bonds is 5. The number of hydrogen-bond acceptors (Lipinski definition) is 7. The summed E-state index contributed by atoms with van der Waals surface area (Å²) in [5, 5.41) is 0. The van der Waals surface area contributed by atoms with E-state index in [1.807, 2.05) is 30.3 Å². The molecule has 184 valence electrons. The summed E-state index contributed by atoms with van der Waals surface area (Å²) in [6.45, 7) is 3.38. The third kappa shape index (κ3) is 4.29. The summed E-state index contributed by atoms with van der Waals surface area (Å²) >= 11 is 0. The molecule has 0 aliphatic carbocycles. The Bertz CT molecular complexity index is 1590. The first-order chi connectivity index (χ1) is 17.5. The summed E-state index contributed by atoms with van der Waals surface area (Å²) in [5.41, 5.74) is 7.59. The number of aryl methyl sites for hydroxylation is 1. The van der Waals surface area contributed by atoms with Crippen LogP contribution >= 0.6 is 0 Å². The summed E-state index contributed by atoms with van der Waals surface area (Å²) in [5.74, 6) is 6.91. The number of nitrogens with two attached hydrogens (primary N) is 1. The van der Waals surface area contributed by atoms with E-state index in [0.29, 0.717) is 29.5 Å². The fourth-order valence-corrected chi connectivity index (χ4v) is 4.63. The minimum Gasteiger partial charge on any atom is -0.341 e. The predicted octanol–water partition coefficient (Wildman–Crippen LogP) is 1.35. The molecule has 1 saturated heterocycles. The zero-order chi connectivity index (χ0) is 25.2. The predicted molar refractivity (Wildman–Crippen MR) is 139 cm³/mol. The van der Waals surface area contributed by atoms with Gasteiger partial charge >= 0.3 is 5.69 Å². The molecule has 4 heterocycles. The van der Waals surface area contributed by atoms with E-state index in [2.05, 4.69) is 26.7 Å². The Hall–Kier alpha value is -4.23. The van der Waals surface area contributed by atoms with Crippen LogP contribution in [0.2, 0.25) is 0 Å². The first-order valence-corrected chi connectivity index (χ1v) is 12.0. The Morgan fingerprint density at radius 1 is 1.11 bits per heavy atom. The minimum absolute atomic E-state index is 0.0267. The Kier molecular flexibility index (Phi) is 6.40. The maximum Gasteiger partial charge on any atom is 0.332 e. The standard InChI is InChI=1S/C26H28N8O2/c1-3-4-15-33-22-23(30-25(33)32-14-8-11-19(27)16-32)31(2)26(36)34(24(22)35)17-21-28-13-12-20(29-21)18-9-6-5-7-10-18/h5-7,9-10,12-13,19H,8,11,14-17,27H2,1-2H3. The maximum atomic E-state index is 13.7. The van der Waals surface area contributed by atoms with E-state index in [1.54, 1.807) is 30.8 Å². The van der Waals surface area contributed by atoms with Gasteiger partial charge in [0, 0.05) is 37.9 Å². The summed E-state index contributed by atoms with van der Waals surface area (Å²) in [6.07, 6.45) is 3.51. The molecule has 2 N–H and O–H groups in total. The number of benzene rings is 1. The van der Waals surface area contributed by atoms with E-state index < -0.39 is 11.2 Å². The summed E-state index contributed by atoms with van der Waals surface area (Å²) in [7, 11) is 1.62. The molecular formula is C26H28N8O2. The lowest BCUT2D eigenvalue weighted by Gasteiger charge is -2.31. The molecule has 0 bridgehead atoms. The molecule has 1 unspecified atom stereocenters. The first-order valence-electron chi connectivity index (χ1n) is 12.0. The molecule has 36 heavy (non-hydrogen) atoms. The van der Waals surface area contributed by atoms with Crippen molar-refractivity contribution in [1.82, 2.24) is 28.7 Å². The summed E-state index contributed by atoms with van der Waals surface area (Å²) < 4.78 is 4.36. The fraction of sp³-hybridized carbons (Fsp3) is 0.346. The molecule has 0 saturated carbocycles. The van der Waals surface area contributed by atoms with Gasteiger partial charge in [-0.3, -0.25) is 18.5 Å². The molecule has 10 heteroatoms. The van der Waals surface area contributed by atoms with Gasteiger partial charge in [0.1, 0.15) is 5.82 Å². The molecule has 4 aromatic rings. The van der Waals surface area contributed by atoms with Gasteiger partial charge < -0.3 is 10.6 Å². The van der Waals surface area contributed by atoms with Crippen LogP contribution < -0.4 is 21.9 Å². The van der Waals surface area contributed by atoms with Crippen molar-refractivity contribution in [2.75, 3.05) is 18.0 Å². The van der Waals surface area contributed by atoms with E-state index in [1.165, 1.54) is 4.57 Å². The van der Waals surface area contributed by atoms with E-state index in [-0.39, 0.29) is 19.1 Å². The van der Waals surface area contributed by atoms with Crippen LogP contribution in [0.5, 0.6) is 0 Å². The highest BCUT2D eigenvalue weighted by atomic mass is 16.2. The van der Waals surface area contributed by atoms with Crippen molar-refractivity contribution in [1.29, 1.82) is 0 Å². The van der Waals surface area contributed by atoms with Crippen LogP contribution in [0.3, 0.4) is 0 Å². The van der Waals surface area contributed by atoms with E-state index >= 15 is 0 Å². The van der Waals surface area contributed by atoms with E-state index in [9.17, 15) is 9.59 Å². The lowest BCUT2D eigenvalue weighted by molar-refractivity contribution is 0.496. The fourth-order valence-electron chi connectivity index (χ4n) is 4.63. The Morgan fingerprint density at radius 3 is 2.67 bits per heavy atom. The second-order valence-corrected chi connectivity index (χ2v) is 8.90. The number of piperidine rings is 1. The molecule has 0 spiro atoms. The van der Waals surface area contributed by atoms with Crippen LogP contribution in [0.15, 0.2) is 52.2 Å². The molecule has 5 rings (SSSR count). The Morgan fingerprint density at radius 2 is 1.92 bits per heavy atom. The average molecular weight is 485 g/mol. The van der Waals surface area contributed by atoms with Crippen LogP contribution in [0.1, 0.15) is 25.6 Å². The normalized spacial score (nSPS) is 15.6. The smallest absolute Gasteiger partial charge is 0.332 e. The number of anilines is 1. The molecule has 1 aliphatic heterocycles. The maximum absolute atomic E-state index is 13.7. The van der Waals surface area contributed by atoms with E-state index in [0.717, 1.165) is 35.2 Å². The minimum atomic E-state index is -0.477. The van der Waals surface area contributed by atoms with Crippen molar-refractivity contribution in [3.63, 3.8) is 0 Å². The van der Waals surface area contributed by atoms with Gasteiger partial charge in [-0.1, -0.05) is 36.3 Å². The monoisotopic (exact) mass is 484 g/mol. The highest BCUT2D eigenvalue weighted by Gasteiger charge is 2.26. The molecule has 10 nitrogen and oxygen atoms in total. The molecule has 1 fully saturated rings. The third-order valence-corrected chi connectivity index (χ3v) is 6.44. The van der Waals surface area contributed by atoms with E-state index in [4.69, 9.17) is 10.7 Å². The van der Waals surface area contributed by atoms with Crippen LogP contribution in [0, 0.1) is 11.8 Å². The van der Waals surface area contributed by atoms with Gasteiger partial charge in [0.2, 0.25) is 5.95 Å².